The Bertz CT molecular complexity index is 1190. The first-order chi connectivity index (χ1) is 14.6. The van der Waals surface area contributed by atoms with Gasteiger partial charge >= 0.3 is 0 Å². The summed E-state index contributed by atoms with van der Waals surface area (Å²) < 4.78 is 1.02. The van der Waals surface area contributed by atoms with Gasteiger partial charge in [0.2, 0.25) is 0 Å². The van der Waals surface area contributed by atoms with E-state index in [1.165, 1.54) is 11.1 Å². The fourth-order valence-corrected chi connectivity index (χ4v) is 4.43. The Morgan fingerprint density at radius 2 is 1.77 bits per heavy atom. The number of nitrogens with zero attached hydrogens (tertiary/aromatic N) is 2. The van der Waals surface area contributed by atoms with E-state index in [1.807, 2.05) is 48.5 Å². The van der Waals surface area contributed by atoms with Gasteiger partial charge in [-0.2, -0.15) is 4.91 Å². The Morgan fingerprint density at radius 1 is 1.00 bits per heavy atom. The van der Waals surface area contributed by atoms with E-state index < -0.39 is 6.04 Å². The van der Waals surface area contributed by atoms with Gasteiger partial charge < -0.3 is 0 Å². The highest BCUT2D eigenvalue weighted by molar-refractivity contribution is 9.10. The summed E-state index contributed by atoms with van der Waals surface area (Å²) in [5.41, 5.74) is 5.20. The monoisotopic (exact) mass is 478 g/mol. The average molecular weight is 480 g/mol. The third kappa shape index (κ3) is 4.30. The normalized spacial score (nSPS) is 13.2. The molecule has 2 atom stereocenters. The van der Waals surface area contributed by atoms with Crippen LogP contribution < -0.4 is 0 Å². The number of halogens is 2. The SMILES string of the molecule is Cc1ccccc1C(CC(N=O)c1ccnc2cc(Cl)ccc12)c1ccc(Br)cc1. The van der Waals surface area contributed by atoms with Crippen molar-refractivity contribution in [3.63, 3.8) is 0 Å². The number of hydrogen-bond acceptors (Lipinski definition) is 3. The first kappa shape index (κ1) is 20.7. The van der Waals surface area contributed by atoms with Crippen molar-refractivity contribution >= 4 is 38.4 Å². The summed E-state index contributed by atoms with van der Waals surface area (Å²) in [6, 6.07) is 23.5. The van der Waals surface area contributed by atoms with Crippen LogP contribution in [0.1, 0.15) is 40.6 Å². The van der Waals surface area contributed by atoms with Gasteiger partial charge in [-0.3, -0.25) is 4.98 Å². The molecule has 4 aromatic rings. The molecule has 5 heteroatoms. The molecule has 0 bridgehead atoms. The molecule has 0 saturated carbocycles. The van der Waals surface area contributed by atoms with Gasteiger partial charge in [0.05, 0.1) is 5.52 Å². The van der Waals surface area contributed by atoms with Crippen LogP contribution in [0.25, 0.3) is 10.9 Å². The lowest BCUT2D eigenvalue weighted by Gasteiger charge is -2.23. The third-order valence-electron chi connectivity index (χ3n) is 5.52. The van der Waals surface area contributed by atoms with Crippen LogP contribution in [0, 0.1) is 11.8 Å². The Kier molecular flexibility index (Phi) is 6.26. The quantitative estimate of drug-likeness (QED) is 0.263. The summed E-state index contributed by atoms with van der Waals surface area (Å²) in [6.07, 6.45) is 2.28. The highest BCUT2D eigenvalue weighted by Gasteiger charge is 2.24. The van der Waals surface area contributed by atoms with Crippen LogP contribution in [0.15, 0.2) is 88.6 Å². The van der Waals surface area contributed by atoms with Crippen molar-refractivity contribution in [2.24, 2.45) is 5.18 Å². The average Bonchev–Trinajstić information content (AvgIpc) is 2.76. The minimum Gasteiger partial charge on any atom is -0.256 e. The fraction of sp³-hybridized carbons (Fsp3) is 0.160. The second-order valence-electron chi connectivity index (χ2n) is 7.38. The summed E-state index contributed by atoms with van der Waals surface area (Å²) in [4.78, 5) is 16.5. The van der Waals surface area contributed by atoms with E-state index in [0.29, 0.717) is 11.4 Å². The van der Waals surface area contributed by atoms with Crippen LogP contribution in [-0.4, -0.2) is 4.98 Å². The van der Waals surface area contributed by atoms with Gasteiger partial charge in [-0.25, -0.2) is 0 Å². The molecule has 0 fully saturated rings. The smallest absolute Gasteiger partial charge is 0.118 e. The van der Waals surface area contributed by atoms with Crippen molar-refractivity contribution in [1.29, 1.82) is 0 Å². The first-order valence-corrected chi connectivity index (χ1v) is 10.9. The number of rotatable bonds is 6. The second-order valence-corrected chi connectivity index (χ2v) is 8.73. The Labute approximate surface area is 189 Å². The van der Waals surface area contributed by atoms with Crippen molar-refractivity contribution in [3.8, 4) is 0 Å². The third-order valence-corrected chi connectivity index (χ3v) is 6.28. The summed E-state index contributed by atoms with van der Waals surface area (Å²) in [5.74, 6) is 0.0394. The summed E-state index contributed by atoms with van der Waals surface area (Å²) in [6.45, 7) is 2.11. The van der Waals surface area contributed by atoms with Crippen LogP contribution in [0.3, 0.4) is 0 Å². The molecule has 1 heterocycles. The molecular weight excluding hydrogens is 460 g/mol. The number of aryl methyl sites for hydroxylation is 1. The van der Waals surface area contributed by atoms with Crippen molar-refractivity contribution in [2.45, 2.75) is 25.3 Å². The molecule has 0 saturated heterocycles. The van der Waals surface area contributed by atoms with E-state index >= 15 is 0 Å². The molecule has 0 spiro atoms. The van der Waals surface area contributed by atoms with Crippen LogP contribution in [-0.2, 0) is 0 Å². The number of benzene rings is 3. The molecule has 0 N–H and O–H groups in total. The molecule has 0 aliphatic rings. The number of nitroso groups, excluding NO2 is 1. The molecule has 150 valence electrons. The maximum atomic E-state index is 12.0. The van der Waals surface area contributed by atoms with Crippen molar-refractivity contribution in [1.82, 2.24) is 4.98 Å². The van der Waals surface area contributed by atoms with E-state index in [-0.39, 0.29) is 5.92 Å². The van der Waals surface area contributed by atoms with E-state index in [0.717, 1.165) is 26.5 Å². The zero-order chi connectivity index (χ0) is 21.1. The maximum absolute atomic E-state index is 12.0. The molecule has 30 heavy (non-hydrogen) atoms. The molecule has 1 aromatic heterocycles. The minimum atomic E-state index is -0.509. The summed E-state index contributed by atoms with van der Waals surface area (Å²) >= 11 is 9.64. The molecule has 3 nitrogen and oxygen atoms in total. The van der Waals surface area contributed by atoms with Gasteiger partial charge in [0, 0.05) is 27.0 Å². The van der Waals surface area contributed by atoms with Crippen LogP contribution in [0.4, 0.5) is 0 Å². The topological polar surface area (TPSA) is 42.3 Å². The van der Waals surface area contributed by atoms with Gasteiger partial charge in [-0.15, -0.1) is 0 Å². The molecule has 4 rings (SSSR count). The fourth-order valence-electron chi connectivity index (χ4n) is 4.00. The molecule has 0 aliphatic heterocycles. The predicted octanol–water partition coefficient (Wildman–Crippen LogP) is 7.99. The lowest BCUT2D eigenvalue weighted by molar-refractivity contribution is 0.595. The number of aromatic nitrogens is 1. The van der Waals surface area contributed by atoms with Gasteiger partial charge in [0.25, 0.3) is 0 Å². The van der Waals surface area contributed by atoms with E-state index in [2.05, 4.69) is 57.3 Å². The molecular formula is C25H20BrClN2O. The van der Waals surface area contributed by atoms with Gasteiger partial charge in [-0.05, 0) is 65.9 Å². The highest BCUT2D eigenvalue weighted by Crippen LogP contribution is 2.39. The summed E-state index contributed by atoms with van der Waals surface area (Å²) in [5, 5.41) is 5.08. The Hall–Kier alpha value is -2.56. The number of hydrogen-bond donors (Lipinski definition) is 0. The molecule has 2 unspecified atom stereocenters. The van der Waals surface area contributed by atoms with Gasteiger partial charge in [0.1, 0.15) is 6.04 Å². The van der Waals surface area contributed by atoms with Crippen LogP contribution >= 0.6 is 27.5 Å². The Balaban J connectivity index is 1.79. The zero-order valence-electron chi connectivity index (χ0n) is 16.4. The molecule has 0 amide bonds. The lowest BCUT2D eigenvalue weighted by Crippen LogP contribution is -2.09. The van der Waals surface area contributed by atoms with E-state index in [9.17, 15) is 4.91 Å². The zero-order valence-corrected chi connectivity index (χ0v) is 18.8. The highest BCUT2D eigenvalue weighted by atomic mass is 79.9. The molecule has 3 aromatic carbocycles. The van der Waals surface area contributed by atoms with E-state index in [4.69, 9.17) is 11.6 Å². The summed E-state index contributed by atoms with van der Waals surface area (Å²) in [7, 11) is 0. The Morgan fingerprint density at radius 3 is 2.50 bits per heavy atom. The molecule has 0 radical (unpaired) electrons. The lowest BCUT2D eigenvalue weighted by atomic mass is 9.82. The maximum Gasteiger partial charge on any atom is 0.118 e. The van der Waals surface area contributed by atoms with Crippen LogP contribution in [0.2, 0.25) is 5.02 Å². The predicted molar refractivity (Wildman–Crippen MR) is 127 cm³/mol. The van der Waals surface area contributed by atoms with Crippen LogP contribution in [0.5, 0.6) is 0 Å². The number of pyridine rings is 1. The van der Waals surface area contributed by atoms with Gasteiger partial charge in [-0.1, -0.05) is 75.2 Å². The van der Waals surface area contributed by atoms with Crippen molar-refractivity contribution in [2.75, 3.05) is 0 Å². The number of fused-ring (bicyclic) bond motifs is 1. The van der Waals surface area contributed by atoms with Crippen molar-refractivity contribution in [3.05, 3.63) is 116 Å². The van der Waals surface area contributed by atoms with Gasteiger partial charge in [0.15, 0.2) is 0 Å². The van der Waals surface area contributed by atoms with Crippen molar-refractivity contribution < 1.29 is 0 Å². The van der Waals surface area contributed by atoms with E-state index in [1.54, 1.807) is 6.20 Å². The largest absolute Gasteiger partial charge is 0.256 e. The first-order valence-electron chi connectivity index (χ1n) is 9.74. The minimum absolute atomic E-state index is 0.0394. The second kappa shape index (κ2) is 9.07. The standard InChI is InChI=1S/C25H20BrClN2O/c1-16-4-2-3-5-20(16)23(17-6-8-18(26)9-7-17)15-25(29-30)22-12-13-28-24-14-19(27)10-11-21(22)24/h2-14,23,25H,15H2,1H3. The molecule has 0 aliphatic carbocycles.